The van der Waals surface area contributed by atoms with Gasteiger partial charge in [0.1, 0.15) is 18.0 Å². The smallest absolute Gasteiger partial charge is 0.217 e. The number of carbonyl (C=O) groups is 1. The van der Waals surface area contributed by atoms with Crippen molar-refractivity contribution in [1.29, 1.82) is 0 Å². The van der Waals surface area contributed by atoms with E-state index in [1.165, 1.54) is 19.3 Å². The Morgan fingerprint density at radius 2 is 1.82 bits per heavy atom. The summed E-state index contributed by atoms with van der Waals surface area (Å²) in [6.07, 6.45) is 7.87. The highest BCUT2D eigenvalue weighted by molar-refractivity contribution is 5.73. The van der Waals surface area contributed by atoms with Crippen LogP contribution in [0.15, 0.2) is 12.4 Å². The maximum Gasteiger partial charge on any atom is 0.217 e. The second kappa shape index (κ2) is 6.94. The van der Waals surface area contributed by atoms with Crippen molar-refractivity contribution < 1.29 is 4.79 Å². The lowest BCUT2D eigenvalue weighted by molar-refractivity contribution is -0.118. The van der Waals surface area contributed by atoms with Gasteiger partial charge in [-0.25, -0.2) is 9.97 Å². The number of primary amides is 1. The molecule has 2 saturated heterocycles. The van der Waals surface area contributed by atoms with E-state index < -0.39 is 0 Å². The molecule has 0 saturated carbocycles. The lowest BCUT2D eigenvalue weighted by atomic mass is 9.93. The van der Waals surface area contributed by atoms with Crippen molar-refractivity contribution >= 4 is 17.5 Å². The quantitative estimate of drug-likeness (QED) is 0.893. The van der Waals surface area contributed by atoms with E-state index in [0.29, 0.717) is 12.3 Å². The summed E-state index contributed by atoms with van der Waals surface area (Å²) in [6.45, 7) is 4.18. The number of hydrogen-bond donors (Lipinski definition) is 1. The highest BCUT2D eigenvalue weighted by Crippen LogP contribution is 2.27. The van der Waals surface area contributed by atoms with Gasteiger partial charge in [-0.15, -0.1) is 0 Å². The molecular weight excluding hydrogens is 278 g/mol. The highest BCUT2D eigenvalue weighted by atomic mass is 16.1. The van der Waals surface area contributed by atoms with E-state index in [2.05, 4.69) is 25.8 Å². The van der Waals surface area contributed by atoms with E-state index in [0.717, 1.165) is 50.7 Å². The lowest BCUT2D eigenvalue weighted by Crippen LogP contribution is -2.36. The number of hydrogen-bond acceptors (Lipinski definition) is 5. The van der Waals surface area contributed by atoms with Crippen LogP contribution in [0.25, 0.3) is 0 Å². The molecule has 0 aliphatic carbocycles. The van der Waals surface area contributed by atoms with Crippen LogP contribution in [0.1, 0.15) is 38.5 Å². The molecule has 1 atom stereocenters. The summed E-state index contributed by atoms with van der Waals surface area (Å²) in [7, 11) is 0. The molecule has 3 rings (SSSR count). The van der Waals surface area contributed by atoms with Crippen LogP contribution >= 0.6 is 0 Å². The molecule has 2 fully saturated rings. The second-order valence-electron chi connectivity index (χ2n) is 6.39. The fraction of sp³-hybridized carbons (Fsp3) is 0.688. The summed E-state index contributed by atoms with van der Waals surface area (Å²) in [4.78, 5) is 24.5. The predicted molar refractivity (Wildman–Crippen MR) is 86.8 cm³/mol. The van der Waals surface area contributed by atoms with Gasteiger partial charge in [0.15, 0.2) is 0 Å². The molecule has 22 heavy (non-hydrogen) atoms. The van der Waals surface area contributed by atoms with Crippen molar-refractivity contribution in [3.8, 4) is 0 Å². The van der Waals surface area contributed by atoms with Crippen molar-refractivity contribution in [1.82, 2.24) is 9.97 Å². The standard InChI is InChI=1S/C16H25N5O/c17-14(22)6-5-13-4-3-9-21(11-13)16-10-15(18-12-19-16)20-7-1-2-8-20/h10,12-13H,1-9,11H2,(H2,17,22). The Bertz CT molecular complexity index is 515. The summed E-state index contributed by atoms with van der Waals surface area (Å²) in [5.41, 5.74) is 5.27. The zero-order chi connectivity index (χ0) is 15.4. The van der Waals surface area contributed by atoms with Crippen LogP contribution in [0.2, 0.25) is 0 Å². The van der Waals surface area contributed by atoms with Crippen LogP contribution in [0.4, 0.5) is 11.6 Å². The van der Waals surface area contributed by atoms with Crippen LogP contribution < -0.4 is 15.5 Å². The van der Waals surface area contributed by atoms with Gasteiger partial charge < -0.3 is 15.5 Å². The Morgan fingerprint density at radius 3 is 2.55 bits per heavy atom. The monoisotopic (exact) mass is 303 g/mol. The molecule has 3 heterocycles. The van der Waals surface area contributed by atoms with E-state index in [9.17, 15) is 4.79 Å². The molecule has 0 bridgehead atoms. The zero-order valence-electron chi connectivity index (χ0n) is 13.1. The van der Waals surface area contributed by atoms with Gasteiger partial charge in [-0.3, -0.25) is 4.79 Å². The Balaban J connectivity index is 1.65. The fourth-order valence-corrected chi connectivity index (χ4v) is 3.48. The molecule has 6 nitrogen and oxygen atoms in total. The van der Waals surface area contributed by atoms with Gasteiger partial charge in [0, 0.05) is 38.7 Å². The number of anilines is 2. The average molecular weight is 303 g/mol. The maximum absolute atomic E-state index is 11.0. The number of nitrogens with two attached hydrogens (primary N) is 1. The molecule has 0 radical (unpaired) electrons. The Morgan fingerprint density at radius 1 is 1.14 bits per heavy atom. The van der Waals surface area contributed by atoms with Gasteiger partial charge in [-0.2, -0.15) is 0 Å². The SMILES string of the molecule is NC(=O)CCC1CCCN(c2cc(N3CCCC3)ncn2)C1. The van der Waals surface area contributed by atoms with Gasteiger partial charge in [0.25, 0.3) is 0 Å². The summed E-state index contributed by atoms with van der Waals surface area (Å²) < 4.78 is 0. The second-order valence-corrected chi connectivity index (χ2v) is 6.39. The van der Waals surface area contributed by atoms with Gasteiger partial charge >= 0.3 is 0 Å². The van der Waals surface area contributed by atoms with Crippen molar-refractivity contribution in [3.05, 3.63) is 12.4 Å². The van der Waals surface area contributed by atoms with Gasteiger partial charge in [-0.05, 0) is 38.0 Å². The van der Waals surface area contributed by atoms with Crippen LogP contribution in [-0.2, 0) is 4.79 Å². The number of amides is 1. The minimum atomic E-state index is -0.199. The molecule has 1 aromatic heterocycles. The summed E-state index contributed by atoms with van der Waals surface area (Å²) in [5, 5.41) is 0. The minimum Gasteiger partial charge on any atom is -0.370 e. The van der Waals surface area contributed by atoms with E-state index >= 15 is 0 Å². The van der Waals surface area contributed by atoms with Crippen LogP contribution in [0.5, 0.6) is 0 Å². The summed E-state index contributed by atoms with van der Waals surface area (Å²) in [6, 6.07) is 2.11. The third kappa shape index (κ3) is 3.67. The Labute approximate surface area is 131 Å². The molecule has 0 spiro atoms. The van der Waals surface area contributed by atoms with Crippen LogP contribution in [-0.4, -0.2) is 42.1 Å². The van der Waals surface area contributed by atoms with E-state index in [4.69, 9.17) is 5.73 Å². The average Bonchev–Trinajstić information content (AvgIpc) is 3.08. The van der Waals surface area contributed by atoms with Gasteiger partial charge in [0.05, 0.1) is 0 Å². The van der Waals surface area contributed by atoms with Gasteiger partial charge in [0.2, 0.25) is 5.91 Å². The number of carbonyl (C=O) groups excluding carboxylic acids is 1. The zero-order valence-corrected chi connectivity index (χ0v) is 13.1. The molecule has 2 aliphatic rings. The van der Waals surface area contributed by atoms with E-state index in [1.807, 2.05) is 0 Å². The Kier molecular flexibility index (Phi) is 4.75. The van der Waals surface area contributed by atoms with Crippen molar-refractivity contribution in [2.24, 2.45) is 11.7 Å². The summed E-state index contributed by atoms with van der Waals surface area (Å²) in [5.74, 6) is 2.39. The molecule has 1 amide bonds. The van der Waals surface area contributed by atoms with Crippen LogP contribution in [0, 0.1) is 5.92 Å². The molecule has 2 aliphatic heterocycles. The molecular formula is C16H25N5O. The molecule has 1 aromatic rings. The number of piperidine rings is 1. The normalized spacial score (nSPS) is 22.1. The van der Waals surface area contributed by atoms with E-state index in [-0.39, 0.29) is 5.91 Å². The number of aromatic nitrogens is 2. The molecule has 6 heteroatoms. The fourth-order valence-electron chi connectivity index (χ4n) is 3.48. The molecule has 120 valence electrons. The first-order chi connectivity index (χ1) is 10.7. The first kappa shape index (κ1) is 15.1. The third-order valence-corrected chi connectivity index (χ3v) is 4.71. The lowest BCUT2D eigenvalue weighted by Gasteiger charge is -2.33. The van der Waals surface area contributed by atoms with Crippen molar-refractivity contribution in [2.45, 2.75) is 38.5 Å². The molecule has 1 unspecified atom stereocenters. The highest BCUT2D eigenvalue weighted by Gasteiger charge is 2.22. The number of nitrogens with zero attached hydrogens (tertiary/aromatic N) is 4. The maximum atomic E-state index is 11.0. The van der Waals surface area contributed by atoms with Crippen molar-refractivity contribution in [2.75, 3.05) is 36.0 Å². The summed E-state index contributed by atoms with van der Waals surface area (Å²) >= 11 is 0. The van der Waals surface area contributed by atoms with Crippen LogP contribution in [0.3, 0.4) is 0 Å². The molecule has 0 aromatic carbocycles. The molecule has 2 N–H and O–H groups in total. The Hall–Kier alpha value is -1.85. The van der Waals surface area contributed by atoms with Crippen molar-refractivity contribution in [3.63, 3.8) is 0 Å². The first-order valence-electron chi connectivity index (χ1n) is 8.32. The minimum absolute atomic E-state index is 0.199. The predicted octanol–water partition coefficient (Wildman–Crippen LogP) is 1.56. The third-order valence-electron chi connectivity index (χ3n) is 4.71. The topological polar surface area (TPSA) is 75.4 Å². The number of rotatable bonds is 5. The largest absolute Gasteiger partial charge is 0.370 e. The first-order valence-corrected chi connectivity index (χ1v) is 8.32. The van der Waals surface area contributed by atoms with E-state index in [1.54, 1.807) is 6.33 Å². The van der Waals surface area contributed by atoms with Gasteiger partial charge in [-0.1, -0.05) is 0 Å².